The SMILES string of the molecule is O=C(c1ccc(Cl)cc1)c1oc2ccc(Cl)cc2c1-c1cnc2c(c1)COc1ccccc1-2. The van der Waals surface area contributed by atoms with E-state index in [-0.39, 0.29) is 11.5 Å². The van der Waals surface area contributed by atoms with E-state index in [1.165, 1.54) is 0 Å². The van der Waals surface area contributed by atoms with Crippen LogP contribution in [0.15, 0.2) is 83.4 Å². The highest BCUT2D eigenvalue weighted by atomic mass is 35.5. The van der Waals surface area contributed by atoms with Gasteiger partial charge in [-0.3, -0.25) is 9.78 Å². The van der Waals surface area contributed by atoms with Gasteiger partial charge in [-0.05, 0) is 60.7 Å². The molecule has 3 heterocycles. The molecule has 33 heavy (non-hydrogen) atoms. The minimum atomic E-state index is -0.242. The highest BCUT2D eigenvalue weighted by molar-refractivity contribution is 6.32. The number of para-hydroxylation sites is 1. The zero-order valence-corrected chi connectivity index (χ0v) is 18.7. The summed E-state index contributed by atoms with van der Waals surface area (Å²) in [6.45, 7) is 0.393. The molecule has 0 N–H and O–H groups in total. The summed E-state index contributed by atoms with van der Waals surface area (Å²) in [7, 11) is 0. The maximum Gasteiger partial charge on any atom is 0.228 e. The Morgan fingerprint density at radius 3 is 2.55 bits per heavy atom. The maximum absolute atomic E-state index is 13.4. The first-order valence-electron chi connectivity index (χ1n) is 10.3. The number of pyridine rings is 1. The molecule has 6 rings (SSSR count). The van der Waals surface area contributed by atoms with E-state index in [1.807, 2.05) is 30.3 Å². The van der Waals surface area contributed by atoms with Crippen LogP contribution in [0.25, 0.3) is 33.4 Å². The number of aromatic nitrogens is 1. The molecule has 0 amide bonds. The van der Waals surface area contributed by atoms with Crippen LogP contribution in [0.1, 0.15) is 21.7 Å². The quantitative estimate of drug-likeness (QED) is 0.254. The number of benzene rings is 3. The molecule has 5 aromatic rings. The number of furan rings is 1. The van der Waals surface area contributed by atoms with Gasteiger partial charge in [-0.2, -0.15) is 0 Å². The highest BCUT2D eigenvalue weighted by Gasteiger charge is 2.26. The van der Waals surface area contributed by atoms with Gasteiger partial charge in [-0.15, -0.1) is 0 Å². The Morgan fingerprint density at radius 2 is 1.70 bits per heavy atom. The minimum Gasteiger partial charge on any atom is -0.488 e. The number of rotatable bonds is 3. The fourth-order valence-corrected chi connectivity index (χ4v) is 4.49. The summed E-state index contributed by atoms with van der Waals surface area (Å²) < 4.78 is 12.0. The van der Waals surface area contributed by atoms with E-state index in [2.05, 4.69) is 0 Å². The third-order valence-electron chi connectivity index (χ3n) is 5.74. The van der Waals surface area contributed by atoms with Crippen LogP contribution in [0.2, 0.25) is 10.0 Å². The molecule has 0 atom stereocenters. The zero-order chi connectivity index (χ0) is 22.5. The average molecular weight is 472 g/mol. The molecular weight excluding hydrogens is 457 g/mol. The molecule has 0 saturated heterocycles. The summed E-state index contributed by atoms with van der Waals surface area (Å²) in [5, 5.41) is 1.86. The molecule has 6 heteroatoms. The van der Waals surface area contributed by atoms with Crippen molar-refractivity contribution in [2.24, 2.45) is 0 Å². The van der Waals surface area contributed by atoms with Gasteiger partial charge in [0.2, 0.25) is 5.78 Å². The third kappa shape index (κ3) is 3.39. The number of halogens is 2. The van der Waals surface area contributed by atoms with Gasteiger partial charge in [0.05, 0.1) is 5.69 Å². The van der Waals surface area contributed by atoms with Gasteiger partial charge >= 0.3 is 0 Å². The first-order chi connectivity index (χ1) is 16.1. The van der Waals surface area contributed by atoms with Crippen molar-refractivity contribution in [1.82, 2.24) is 4.98 Å². The molecule has 0 spiro atoms. The van der Waals surface area contributed by atoms with Gasteiger partial charge < -0.3 is 9.15 Å². The lowest BCUT2D eigenvalue weighted by molar-refractivity contribution is 0.101. The second kappa shape index (κ2) is 7.77. The number of hydrogen-bond acceptors (Lipinski definition) is 4. The molecule has 0 saturated carbocycles. The van der Waals surface area contributed by atoms with Crippen LogP contribution < -0.4 is 4.74 Å². The van der Waals surface area contributed by atoms with Crippen molar-refractivity contribution in [3.8, 4) is 28.1 Å². The molecule has 4 nitrogen and oxygen atoms in total. The highest BCUT2D eigenvalue weighted by Crippen LogP contribution is 2.41. The van der Waals surface area contributed by atoms with Crippen molar-refractivity contribution in [3.63, 3.8) is 0 Å². The molecule has 2 aromatic heterocycles. The first kappa shape index (κ1) is 20.0. The normalized spacial score (nSPS) is 12.2. The Hall–Kier alpha value is -3.60. The number of fused-ring (bicyclic) bond motifs is 4. The molecular formula is C27H15Cl2NO3. The monoisotopic (exact) mass is 471 g/mol. The number of ether oxygens (including phenoxy) is 1. The van der Waals surface area contributed by atoms with Crippen molar-refractivity contribution in [2.45, 2.75) is 6.61 Å². The van der Waals surface area contributed by atoms with Crippen LogP contribution in [-0.4, -0.2) is 10.8 Å². The van der Waals surface area contributed by atoms with Crippen LogP contribution in [0.5, 0.6) is 5.75 Å². The largest absolute Gasteiger partial charge is 0.488 e. The van der Waals surface area contributed by atoms with Crippen molar-refractivity contribution < 1.29 is 13.9 Å². The summed E-state index contributed by atoms with van der Waals surface area (Å²) in [6, 6.07) is 21.9. The van der Waals surface area contributed by atoms with E-state index in [0.717, 1.165) is 33.5 Å². The molecule has 0 radical (unpaired) electrons. The van der Waals surface area contributed by atoms with Crippen LogP contribution >= 0.6 is 23.2 Å². The zero-order valence-electron chi connectivity index (χ0n) is 17.1. The number of nitrogens with zero attached hydrogens (tertiary/aromatic N) is 1. The van der Waals surface area contributed by atoms with E-state index in [0.29, 0.717) is 33.4 Å². The number of carbonyl (C=O) groups is 1. The maximum atomic E-state index is 13.4. The van der Waals surface area contributed by atoms with Gasteiger partial charge in [0.15, 0.2) is 5.76 Å². The van der Waals surface area contributed by atoms with E-state index >= 15 is 0 Å². The Kier molecular flexibility index (Phi) is 4.72. The summed E-state index contributed by atoms with van der Waals surface area (Å²) in [6.07, 6.45) is 1.77. The van der Waals surface area contributed by atoms with Crippen LogP contribution in [0.3, 0.4) is 0 Å². The standard InChI is InChI=1S/C27H15Cl2NO3/c28-18-7-5-15(6-8-18)26(31)27-24(21-12-19(29)9-10-23(21)33-27)16-11-17-14-32-22-4-2-1-3-20(22)25(17)30-13-16/h1-13H,14H2. The molecule has 0 unspecified atom stereocenters. The molecule has 160 valence electrons. The summed E-state index contributed by atoms with van der Waals surface area (Å²) in [5.74, 6) is 0.797. The summed E-state index contributed by atoms with van der Waals surface area (Å²) in [5.41, 5.74) is 5.23. The lowest BCUT2D eigenvalue weighted by atomic mass is 9.95. The van der Waals surface area contributed by atoms with Gasteiger partial charge in [0.1, 0.15) is 17.9 Å². The van der Waals surface area contributed by atoms with Gasteiger partial charge in [-0.1, -0.05) is 35.3 Å². The van der Waals surface area contributed by atoms with Crippen LogP contribution in [0, 0.1) is 0 Å². The van der Waals surface area contributed by atoms with E-state index in [9.17, 15) is 4.79 Å². The second-order valence-electron chi connectivity index (χ2n) is 7.80. The topological polar surface area (TPSA) is 52.3 Å². The molecule has 0 aliphatic carbocycles. The lowest BCUT2D eigenvalue weighted by Crippen LogP contribution is -2.07. The van der Waals surface area contributed by atoms with Gasteiger partial charge in [-0.25, -0.2) is 0 Å². The Bertz CT molecular complexity index is 1550. The minimum absolute atomic E-state index is 0.230. The molecule has 3 aromatic carbocycles. The lowest BCUT2D eigenvalue weighted by Gasteiger charge is -2.20. The fourth-order valence-electron chi connectivity index (χ4n) is 4.19. The Balaban J connectivity index is 1.55. The van der Waals surface area contributed by atoms with Crippen LogP contribution in [0.4, 0.5) is 0 Å². The summed E-state index contributed by atoms with van der Waals surface area (Å²) >= 11 is 12.3. The van der Waals surface area contributed by atoms with Crippen molar-refractivity contribution >= 4 is 40.0 Å². The number of hydrogen-bond donors (Lipinski definition) is 0. The van der Waals surface area contributed by atoms with E-state index in [1.54, 1.807) is 48.7 Å². The average Bonchev–Trinajstić information content (AvgIpc) is 3.22. The molecule has 0 fully saturated rings. The Morgan fingerprint density at radius 1 is 0.909 bits per heavy atom. The predicted octanol–water partition coefficient (Wildman–Crippen LogP) is 7.59. The van der Waals surface area contributed by atoms with E-state index < -0.39 is 0 Å². The molecule has 1 aliphatic rings. The Labute approximate surface area is 199 Å². The molecule has 0 bridgehead atoms. The fraction of sp³-hybridized carbons (Fsp3) is 0.0370. The van der Waals surface area contributed by atoms with Gasteiger partial charge in [0.25, 0.3) is 0 Å². The summed E-state index contributed by atoms with van der Waals surface area (Å²) in [4.78, 5) is 18.2. The van der Waals surface area contributed by atoms with Crippen molar-refractivity contribution in [3.05, 3.63) is 106 Å². The van der Waals surface area contributed by atoms with Crippen molar-refractivity contribution in [1.29, 1.82) is 0 Å². The predicted molar refractivity (Wildman–Crippen MR) is 129 cm³/mol. The smallest absolute Gasteiger partial charge is 0.228 e. The molecule has 1 aliphatic heterocycles. The van der Waals surface area contributed by atoms with Crippen LogP contribution in [-0.2, 0) is 6.61 Å². The second-order valence-corrected chi connectivity index (χ2v) is 8.67. The number of carbonyl (C=O) groups excluding carboxylic acids is 1. The number of ketones is 1. The first-order valence-corrected chi connectivity index (χ1v) is 11.1. The third-order valence-corrected chi connectivity index (χ3v) is 6.23. The van der Waals surface area contributed by atoms with Crippen molar-refractivity contribution in [2.75, 3.05) is 0 Å². The van der Waals surface area contributed by atoms with E-state index in [4.69, 9.17) is 37.3 Å². The van der Waals surface area contributed by atoms with Gasteiger partial charge in [0, 0.05) is 49.4 Å².